The molecule has 2 N–H and O–H groups in total. The van der Waals surface area contributed by atoms with Crippen LogP contribution in [0.4, 0.5) is 0 Å². The van der Waals surface area contributed by atoms with Gasteiger partial charge in [-0.3, -0.25) is 4.90 Å². The zero-order valence-corrected chi connectivity index (χ0v) is 13.3. The molecule has 5 heteroatoms. The zero-order valence-electron chi connectivity index (χ0n) is 12.4. The van der Waals surface area contributed by atoms with Crippen LogP contribution in [0.3, 0.4) is 0 Å². The van der Waals surface area contributed by atoms with Crippen molar-refractivity contribution in [2.75, 3.05) is 31.1 Å². The summed E-state index contributed by atoms with van der Waals surface area (Å²) >= 11 is 0. The van der Waals surface area contributed by atoms with Crippen molar-refractivity contribution in [3.63, 3.8) is 0 Å². The van der Waals surface area contributed by atoms with Crippen molar-refractivity contribution in [1.29, 1.82) is 0 Å². The highest BCUT2D eigenvalue weighted by Crippen LogP contribution is 2.46. The Morgan fingerprint density at radius 1 is 0.950 bits per heavy atom. The average Bonchev–Trinajstić information content (AvgIpc) is 2.77. The maximum Gasteiger partial charge on any atom is 0.152 e. The maximum atomic E-state index is 11.9. The summed E-state index contributed by atoms with van der Waals surface area (Å²) in [6.45, 7) is 2.58. The molecule has 116 valence electrons. The lowest BCUT2D eigenvalue weighted by atomic mass is 9.67. The van der Waals surface area contributed by atoms with E-state index < -0.39 is 9.84 Å². The fraction of sp³-hybridized carbons (Fsp3) is 1.00. The minimum absolute atomic E-state index is 0.255. The predicted octanol–water partition coefficient (Wildman–Crippen LogP) is 1.55. The first-order valence-electron chi connectivity index (χ1n) is 8.15. The van der Waals surface area contributed by atoms with Gasteiger partial charge in [0.2, 0.25) is 0 Å². The highest BCUT2D eigenvalue weighted by Gasteiger charge is 2.48. The highest BCUT2D eigenvalue weighted by molar-refractivity contribution is 7.91. The van der Waals surface area contributed by atoms with Gasteiger partial charge in [-0.15, -0.1) is 0 Å². The molecule has 2 saturated heterocycles. The topological polar surface area (TPSA) is 63.4 Å². The summed E-state index contributed by atoms with van der Waals surface area (Å²) in [6.07, 6.45) is 10.2. The van der Waals surface area contributed by atoms with Crippen molar-refractivity contribution in [3.8, 4) is 0 Å². The third kappa shape index (κ3) is 2.64. The standard InChI is InChI=1S/C15H28N2O2S/c16-12-15(8-11-20(18,19)13-15)17-9-6-14(7-10-17)4-2-1-3-5-14/h1-13,16H2. The van der Waals surface area contributed by atoms with Crippen molar-refractivity contribution >= 4 is 9.84 Å². The van der Waals surface area contributed by atoms with Crippen LogP contribution in [0.1, 0.15) is 51.4 Å². The van der Waals surface area contributed by atoms with Crippen LogP contribution >= 0.6 is 0 Å². The largest absolute Gasteiger partial charge is 0.329 e. The lowest BCUT2D eigenvalue weighted by Crippen LogP contribution is -2.58. The molecule has 0 radical (unpaired) electrons. The number of sulfone groups is 1. The first-order chi connectivity index (χ1) is 9.49. The van der Waals surface area contributed by atoms with Gasteiger partial charge < -0.3 is 5.73 Å². The van der Waals surface area contributed by atoms with E-state index in [-0.39, 0.29) is 11.3 Å². The normalized spacial score (nSPS) is 37.2. The molecule has 3 fully saturated rings. The monoisotopic (exact) mass is 300 g/mol. The van der Waals surface area contributed by atoms with Gasteiger partial charge in [0.05, 0.1) is 11.5 Å². The Morgan fingerprint density at radius 3 is 2.10 bits per heavy atom. The van der Waals surface area contributed by atoms with E-state index in [1.807, 2.05) is 0 Å². The van der Waals surface area contributed by atoms with Crippen LogP contribution in [-0.4, -0.2) is 50.0 Å². The molecule has 3 aliphatic rings. The molecule has 2 aliphatic heterocycles. The summed E-state index contributed by atoms with van der Waals surface area (Å²) in [6, 6.07) is 0. The molecule has 0 aromatic carbocycles. The summed E-state index contributed by atoms with van der Waals surface area (Å²) in [5, 5.41) is 0. The molecule has 0 aromatic rings. The molecule has 1 saturated carbocycles. The number of rotatable bonds is 2. The second-order valence-corrected chi connectivity index (χ2v) is 9.50. The Bertz CT molecular complexity index is 446. The molecule has 0 aromatic heterocycles. The Kier molecular flexibility index (Phi) is 3.89. The molecule has 4 nitrogen and oxygen atoms in total. The van der Waals surface area contributed by atoms with Gasteiger partial charge in [0, 0.05) is 12.1 Å². The van der Waals surface area contributed by atoms with E-state index in [9.17, 15) is 8.42 Å². The molecule has 0 amide bonds. The van der Waals surface area contributed by atoms with Gasteiger partial charge in [0.25, 0.3) is 0 Å². The van der Waals surface area contributed by atoms with Gasteiger partial charge in [-0.2, -0.15) is 0 Å². The van der Waals surface area contributed by atoms with Crippen molar-refractivity contribution in [1.82, 2.24) is 4.90 Å². The number of piperidine rings is 1. The lowest BCUT2D eigenvalue weighted by molar-refractivity contribution is 0.0141. The SMILES string of the molecule is NCC1(N2CCC3(CCCCC3)CC2)CCS(=O)(=O)C1. The van der Waals surface area contributed by atoms with Gasteiger partial charge in [0.1, 0.15) is 0 Å². The highest BCUT2D eigenvalue weighted by atomic mass is 32.2. The van der Waals surface area contributed by atoms with Crippen LogP contribution in [0.15, 0.2) is 0 Å². The van der Waals surface area contributed by atoms with Crippen LogP contribution < -0.4 is 5.73 Å². The second kappa shape index (κ2) is 5.25. The van der Waals surface area contributed by atoms with E-state index >= 15 is 0 Å². The van der Waals surface area contributed by atoms with Crippen molar-refractivity contribution < 1.29 is 8.42 Å². The summed E-state index contributed by atoms with van der Waals surface area (Å²) in [5.74, 6) is 0.606. The predicted molar refractivity (Wildman–Crippen MR) is 81.4 cm³/mol. The van der Waals surface area contributed by atoms with Crippen LogP contribution in [0.5, 0.6) is 0 Å². The first kappa shape index (κ1) is 14.8. The van der Waals surface area contributed by atoms with E-state index in [1.165, 1.54) is 44.9 Å². The number of hydrogen-bond donors (Lipinski definition) is 1. The second-order valence-electron chi connectivity index (χ2n) is 7.32. The molecular weight excluding hydrogens is 272 g/mol. The molecule has 1 atom stereocenters. The van der Waals surface area contributed by atoms with Gasteiger partial charge >= 0.3 is 0 Å². The quantitative estimate of drug-likeness (QED) is 0.840. The molecule has 1 aliphatic carbocycles. The molecule has 0 bridgehead atoms. The Morgan fingerprint density at radius 2 is 1.60 bits per heavy atom. The van der Waals surface area contributed by atoms with Gasteiger partial charge in [0.15, 0.2) is 9.84 Å². The number of likely N-dealkylation sites (tertiary alicyclic amines) is 1. The maximum absolute atomic E-state index is 11.9. The van der Waals surface area contributed by atoms with E-state index in [2.05, 4.69) is 4.90 Å². The van der Waals surface area contributed by atoms with E-state index in [0.717, 1.165) is 19.5 Å². The Balaban J connectivity index is 1.68. The van der Waals surface area contributed by atoms with Crippen LogP contribution in [-0.2, 0) is 9.84 Å². The van der Waals surface area contributed by atoms with E-state index in [1.54, 1.807) is 0 Å². The number of nitrogens with zero attached hydrogens (tertiary/aromatic N) is 1. The van der Waals surface area contributed by atoms with E-state index in [0.29, 0.717) is 17.7 Å². The summed E-state index contributed by atoms with van der Waals surface area (Å²) in [5.41, 5.74) is 6.30. The number of nitrogens with two attached hydrogens (primary N) is 1. The zero-order chi connectivity index (χ0) is 14.3. The van der Waals surface area contributed by atoms with Crippen LogP contribution in [0, 0.1) is 5.41 Å². The third-order valence-electron chi connectivity index (χ3n) is 6.16. The fourth-order valence-corrected chi connectivity index (χ4v) is 6.79. The molecule has 1 unspecified atom stereocenters. The summed E-state index contributed by atoms with van der Waals surface area (Å²) < 4.78 is 23.7. The molecule has 20 heavy (non-hydrogen) atoms. The minimum atomic E-state index is -2.87. The summed E-state index contributed by atoms with van der Waals surface area (Å²) in [4.78, 5) is 2.41. The minimum Gasteiger partial charge on any atom is -0.329 e. The molecule has 3 rings (SSSR count). The van der Waals surface area contributed by atoms with Crippen molar-refractivity contribution in [3.05, 3.63) is 0 Å². The van der Waals surface area contributed by atoms with Gasteiger partial charge in [-0.25, -0.2) is 8.42 Å². The van der Waals surface area contributed by atoms with Crippen LogP contribution in [0.2, 0.25) is 0 Å². The van der Waals surface area contributed by atoms with Gasteiger partial charge in [-0.05, 0) is 50.6 Å². The Hall–Kier alpha value is -0.130. The molecule has 1 spiro atoms. The third-order valence-corrected chi connectivity index (χ3v) is 7.96. The smallest absolute Gasteiger partial charge is 0.152 e. The van der Waals surface area contributed by atoms with Crippen LogP contribution in [0.25, 0.3) is 0 Å². The fourth-order valence-electron chi connectivity index (χ4n) is 4.70. The van der Waals surface area contributed by atoms with Gasteiger partial charge in [-0.1, -0.05) is 19.3 Å². The first-order valence-corrected chi connectivity index (χ1v) is 9.97. The van der Waals surface area contributed by atoms with Crippen molar-refractivity contribution in [2.45, 2.75) is 56.9 Å². The Labute approximate surface area is 123 Å². The van der Waals surface area contributed by atoms with Crippen molar-refractivity contribution in [2.24, 2.45) is 11.1 Å². The number of hydrogen-bond acceptors (Lipinski definition) is 4. The molecule has 2 heterocycles. The summed E-state index contributed by atoms with van der Waals surface area (Å²) in [7, 11) is -2.87. The van der Waals surface area contributed by atoms with E-state index in [4.69, 9.17) is 5.73 Å². The lowest BCUT2D eigenvalue weighted by Gasteiger charge is -2.49. The molecular formula is C15H28N2O2S. The average molecular weight is 300 g/mol.